The van der Waals surface area contributed by atoms with Crippen LogP contribution in [0.4, 0.5) is 10.1 Å². The number of aliphatic hydroxyl groups excluding tert-OH is 1. The number of rotatable bonds is 4. The number of nitrogens with zero attached hydrogens (tertiary/aromatic N) is 1. The van der Waals surface area contributed by atoms with Crippen LogP contribution in [-0.2, 0) is 10.0 Å². The number of aromatic nitrogens is 2. The topological polar surface area (TPSA) is 95.1 Å². The van der Waals surface area contributed by atoms with Gasteiger partial charge in [0.05, 0.1) is 24.1 Å². The smallest absolute Gasteiger partial charge is 0.265 e. The minimum absolute atomic E-state index is 0.0466. The SMILES string of the molecule is O=S(=O)(Nc1ccc(C#CCCO)c(F)c1)c1cn[nH]c1. The average molecular weight is 309 g/mol. The van der Waals surface area contributed by atoms with Gasteiger partial charge < -0.3 is 5.11 Å². The summed E-state index contributed by atoms with van der Waals surface area (Å²) in [5.41, 5.74) is 0.219. The number of H-pyrrole nitrogens is 1. The van der Waals surface area contributed by atoms with Crippen LogP contribution in [0.15, 0.2) is 35.5 Å². The van der Waals surface area contributed by atoms with Crippen molar-refractivity contribution in [2.45, 2.75) is 11.3 Å². The van der Waals surface area contributed by atoms with Crippen molar-refractivity contribution in [3.8, 4) is 11.8 Å². The molecule has 0 fully saturated rings. The van der Waals surface area contributed by atoms with Gasteiger partial charge in [-0.1, -0.05) is 11.8 Å². The van der Waals surface area contributed by atoms with E-state index < -0.39 is 15.8 Å². The van der Waals surface area contributed by atoms with Gasteiger partial charge in [-0.2, -0.15) is 5.10 Å². The van der Waals surface area contributed by atoms with Gasteiger partial charge in [0.25, 0.3) is 10.0 Å². The molecule has 0 spiro atoms. The summed E-state index contributed by atoms with van der Waals surface area (Å²) in [7, 11) is -3.80. The Balaban J connectivity index is 2.20. The van der Waals surface area contributed by atoms with Gasteiger partial charge >= 0.3 is 0 Å². The maximum absolute atomic E-state index is 13.8. The Kier molecular flexibility index (Phi) is 4.57. The van der Waals surface area contributed by atoms with Crippen LogP contribution in [0.1, 0.15) is 12.0 Å². The van der Waals surface area contributed by atoms with Crippen molar-refractivity contribution in [3.63, 3.8) is 0 Å². The maximum Gasteiger partial charge on any atom is 0.265 e. The van der Waals surface area contributed by atoms with E-state index in [0.29, 0.717) is 0 Å². The highest BCUT2D eigenvalue weighted by Crippen LogP contribution is 2.18. The summed E-state index contributed by atoms with van der Waals surface area (Å²) in [4.78, 5) is -0.0466. The zero-order valence-corrected chi connectivity index (χ0v) is 11.6. The summed E-state index contributed by atoms with van der Waals surface area (Å²) in [5.74, 6) is 4.50. The Morgan fingerprint density at radius 1 is 1.43 bits per heavy atom. The zero-order valence-electron chi connectivity index (χ0n) is 10.8. The number of hydrogen-bond donors (Lipinski definition) is 3. The van der Waals surface area contributed by atoms with Gasteiger partial charge in [0.2, 0.25) is 0 Å². The molecule has 0 saturated carbocycles. The molecule has 1 aromatic carbocycles. The Hall–Kier alpha value is -2.37. The van der Waals surface area contributed by atoms with Crippen molar-refractivity contribution < 1.29 is 17.9 Å². The van der Waals surface area contributed by atoms with Crippen molar-refractivity contribution in [3.05, 3.63) is 42.0 Å². The predicted octanol–water partition coefficient (Wildman–Crippen LogP) is 1.08. The first-order chi connectivity index (χ1) is 10.0. The van der Waals surface area contributed by atoms with E-state index in [1.807, 2.05) is 0 Å². The maximum atomic E-state index is 13.8. The molecule has 0 unspecified atom stereocenters. The Bertz CT molecular complexity index is 777. The Morgan fingerprint density at radius 3 is 2.86 bits per heavy atom. The quantitative estimate of drug-likeness (QED) is 0.737. The molecule has 2 aromatic rings. The third-order valence-electron chi connectivity index (χ3n) is 2.46. The van der Waals surface area contributed by atoms with Crippen LogP contribution in [0.3, 0.4) is 0 Å². The fourth-order valence-corrected chi connectivity index (χ4v) is 2.45. The second-order valence-electron chi connectivity index (χ2n) is 4.01. The molecule has 8 heteroatoms. The molecule has 0 aliphatic carbocycles. The van der Waals surface area contributed by atoms with E-state index in [-0.39, 0.29) is 29.2 Å². The van der Waals surface area contributed by atoms with Crippen molar-refractivity contribution in [2.75, 3.05) is 11.3 Å². The van der Waals surface area contributed by atoms with E-state index in [1.54, 1.807) is 0 Å². The van der Waals surface area contributed by atoms with Crippen LogP contribution in [0.2, 0.25) is 0 Å². The fourth-order valence-electron chi connectivity index (χ4n) is 1.49. The number of halogens is 1. The largest absolute Gasteiger partial charge is 0.395 e. The van der Waals surface area contributed by atoms with Crippen LogP contribution in [-0.4, -0.2) is 30.3 Å². The first-order valence-electron chi connectivity index (χ1n) is 5.94. The highest BCUT2D eigenvalue weighted by atomic mass is 32.2. The molecule has 0 atom stereocenters. The van der Waals surface area contributed by atoms with E-state index >= 15 is 0 Å². The first-order valence-corrected chi connectivity index (χ1v) is 7.42. The van der Waals surface area contributed by atoms with Crippen molar-refractivity contribution in [2.24, 2.45) is 0 Å². The molecule has 0 saturated heterocycles. The first kappa shape index (κ1) is 15.0. The molecule has 0 radical (unpaired) electrons. The lowest BCUT2D eigenvalue weighted by atomic mass is 10.2. The summed E-state index contributed by atoms with van der Waals surface area (Å²) in [6, 6.07) is 3.82. The Labute approximate surface area is 121 Å². The molecule has 0 aliphatic rings. The van der Waals surface area contributed by atoms with Gasteiger partial charge in [-0.25, -0.2) is 12.8 Å². The van der Waals surface area contributed by atoms with Gasteiger partial charge in [-0.05, 0) is 18.2 Å². The van der Waals surface area contributed by atoms with Crippen LogP contribution >= 0.6 is 0 Å². The zero-order chi connectivity index (χ0) is 15.3. The molecule has 2 rings (SSSR count). The number of aromatic amines is 1. The molecule has 0 amide bonds. The summed E-state index contributed by atoms with van der Waals surface area (Å²) in [5, 5.41) is 14.5. The highest BCUT2D eigenvalue weighted by molar-refractivity contribution is 7.92. The summed E-state index contributed by atoms with van der Waals surface area (Å²) in [6.07, 6.45) is 2.61. The molecular formula is C13H12FN3O3S. The van der Waals surface area contributed by atoms with Crippen LogP contribution < -0.4 is 4.72 Å². The lowest BCUT2D eigenvalue weighted by molar-refractivity contribution is 0.305. The predicted molar refractivity (Wildman–Crippen MR) is 74.4 cm³/mol. The molecule has 0 bridgehead atoms. The van der Waals surface area contributed by atoms with Crippen molar-refractivity contribution in [1.82, 2.24) is 10.2 Å². The van der Waals surface area contributed by atoms with E-state index in [9.17, 15) is 12.8 Å². The molecule has 0 aliphatic heterocycles. The lowest BCUT2D eigenvalue weighted by Gasteiger charge is -2.06. The van der Waals surface area contributed by atoms with Gasteiger partial charge in [0.15, 0.2) is 0 Å². The van der Waals surface area contributed by atoms with Crippen molar-refractivity contribution in [1.29, 1.82) is 0 Å². The number of nitrogens with one attached hydrogen (secondary N) is 2. The van der Waals surface area contributed by atoms with Crippen molar-refractivity contribution >= 4 is 15.7 Å². The van der Waals surface area contributed by atoms with E-state index in [1.165, 1.54) is 18.3 Å². The molecular weight excluding hydrogens is 297 g/mol. The molecule has 21 heavy (non-hydrogen) atoms. The average Bonchev–Trinajstić information content (AvgIpc) is 2.96. The second-order valence-corrected chi connectivity index (χ2v) is 5.69. The molecule has 1 heterocycles. The van der Waals surface area contributed by atoms with Gasteiger partial charge in [0.1, 0.15) is 10.7 Å². The second kappa shape index (κ2) is 6.39. The van der Waals surface area contributed by atoms with E-state index in [2.05, 4.69) is 26.8 Å². The lowest BCUT2D eigenvalue weighted by Crippen LogP contribution is -2.12. The summed E-state index contributed by atoms with van der Waals surface area (Å²) < 4.78 is 39.9. The minimum Gasteiger partial charge on any atom is -0.395 e. The highest BCUT2D eigenvalue weighted by Gasteiger charge is 2.15. The monoisotopic (exact) mass is 309 g/mol. The number of aliphatic hydroxyl groups is 1. The van der Waals surface area contributed by atoms with Gasteiger partial charge in [0, 0.05) is 12.6 Å². The fraction of sp³-hybridized carbons (Fsp3) is 0.154. The van der Waals surface area contributed by atoms with Crippen LogP contribution in [0.25, 0.3) is 0 Å². The third kappa shape index (κ3) is 3.81. The molecule has 3 N–H and O–H groups in total. The Morgan fingerprint density at radius 2 is 2.24 bits per heavy atom. The summed E-state index contributed by atoms with van der Waals surface area (Å²) in [6.45, 7) is -0.1000. The third-order valence-corrected chi connectivity index (χ3v) is 3.81. The van der Waals surface area contributed by atoms with Gasteiger partial charge in [-0.15, -0.1) is 0 Å². The number of sulfonamides is 1. The molecule has 1 aromatic heterocycles. The summed E-state index contributed by atoms with van der Waals surface area (Å²) >= 11 is 0. The van der Waals surface area contributed by atoms with E-state index in [4.69, 9.17) is 5.11 Å². The van der Waals surface area contributed by atoms with Crippen LogP contribution in [0, 0.1) is 17.7 Å². The van der Waals surface area contributed by atoms with Gasteiger partial charge in [-0.3, -0.25) is 9.82 Å². The van der Waals surface area contributed by atoms with E-state index in [0.717, 1.165) is 12.3 Å². The minimum atomic E-state index is -3.80. The van der Waals surface area contributed by atoms with Crippen LogP contribution in [0.5, 0.6) is 0 Å². The number of anilines is 1. The number of hydrogen-bond acceptors (Lipinski definition) is 4. The molecule has 6 nitrogen and oxygen atoms in total. The molecule has 110 valence electrons. The standard InChI is InChI=1S/C13H12FN3O3S/c14-13-7-11(5-4-10(13)3-1-2-6-18)17-21(19,20)12-8-15-16-9-12/h4-5,7-9,17-18H,2,6H2,(H,15,16). The normalized spacial score (nSPS) is 10.8. The number of benzene rings is 1.